The molecule has 0 aliphatic heterocycles. The second kappa shape index (κ2) is 6.86. The number of nitrogens with zero attached hydrogens (tertiary/aromatic N) is 1. The van der Waals surface area contributed by atoms with Gasteiger partial charge in [0.2, 0.25) is 0 Å². The fraction of sp³-hybridized carbons (Fsp3) is 0.353. The van der Waals surface area contributed by atoms with E-state index >= 15 is 0 Å². The van der Waals surface area contributed by atoms with Crippen LogP contribution in [0.25, 0.3) is 11.1 Å². The highest BCUT2D eigenvalue weighted by Crippen LogP contribution is 2.44. The van der Waals surface area contributed by atoms with Crippen LogP contribution in [-0.4, -0.2) is 18.1 Å². The van der Waals surface area contributed by atoms with Gasteiger partial charge >= 0.3 is 0 Å². The molecule has 1 heterocycles. The van der Waals surface area contributed by atoms with Crippen molar-refractivity contribution in [2.45, 2.75) is 19.8 Å². The molecule has 1 saturated carbocycles. The smallest absolute Gasteiger partial charge is 0.138 e. The monoisotopic (exact) mass is 338 g/mol. The predicted molar refractivity (Wildman–Crippen MR) is 92.9 cm³/mol. The molecule has 2 aromatic rings. The van der Waals surface area contributed by atoms with Crippen molar-refractivity contribution in [3.8, 4) is 16.9 Å². The van der Waals surface area contributed by atoms with Crippen molar-refractivity contribution in [3.63, 3.8) is 0 Å². The van der Waals surface area contributed by atoms with Gasteiger partial charge in [0.05, 0.1) is 12.8 Å². The van der Waals surface area contributed by atoms with Crippen LogP contribution >= 0.6 is 24.0 Å². The van der Waals surface area contributed by atoms with E-state index in [2.05, 4.69) is 24.0 Å². The van der Waals surface area contributed by atoms with Gasteiger partial charge in [-0.2, -0.15) is 0 Å². The Bertz CT molecular complexity index is 657. The average Bonchev–Trinajstić information content (AvgIpc) is 3.27. The van der Waals surface area contributed by atoms with Gasteiger partial charge in [0.25, 0.3) is 0 Å². The summed E-state index contributed by atoms with van der Waals surface area (Å²) in [7, 11) is 0. The van der Waals surface area contributed by atoms with Crippen LogP contribution in [0.15, 0.2) is 36.5 Å². The average molecular weight is 339 g/mol. The van der Waals surface area contributed by atoms with Gasteiger partial charge in [-0.05, 0) is 31.4 Å². The van der Waals surface area contributed by atoms with E-state index in [-0.39, 0.29) is 17.8 Å². The first-order chi connectivity index (χ1) is 10.1. The Morgan fingerprint density at radius 2 is 2.09 bits per heavy atom. The summed E-state index contributed by atoms with van der Waals surface area (Å²) in [5.74, 6) is 0.746. The van der Waals surface area contributed by atoms with Gasteiger partial charge in [0, 0.05) is 17.5 Å². The lowest BCUT2D eigenvalue weighted by Gasteiger charge is -2.14. The van der Waals surface area contributed by atoms with Crippen LogP contribution in [0.4, 0.5) is 0 Å². The number of nitrogens with two attached hydrogens (primary N) is 1. The zero-order chi connectivity index (χ0) is 14.9. The van der Waals surface area contributed by atoms with Crippen LogP contribution in [-0.2, 0) is 0 Å². The lowest BCUT2D eigenvalue weighted by Crippen LogP contribution is -2.22. The molecule has 3 nitrogen and oxygen atoms in total. The topological polar surface area (TPSA) is 48.1 Å². The van der Waals surface area contributed by atoms with Crippen molar-refractivity contribution in [1.82, 2.24) is 4.98 Å². The Kier molecular flexibility index (Phi) is 5.32. The Labute approximate surface area is 142 Å². The minimum atomic E-state index is 0. The summed E-state index contributed by atoms with van der Waals surface area (Å²) in [6.07, 6.45) is 3.97. The lowest BCUT2D eigenvalue weighted by atomic mass is 10.1. The standard InChI is InChI=1S/C17H19ClN2O.ClH/c1-12-3-2-4-13(7-12)15-8-14(9-20-16(15)18)21-11-17(10-19)5-6-17;/h2-4,7-9H,5-6,10-11,19H2,1H3;1H. The quantitative estimate of drug-likeness (QED) is 0.829. The van der Waals surface area contributed by atoms with Crippen LogP contribution in [0, 0.1) is 12.3 Å². The summed E-state index contributed by atoms with van der Waals surface area (Å²) < 4.78 is 5.87. The third kappa shape index (κ3) is 3.72. The maximum atomic E-state index is 6.23. The number of aromatic nitrogens is 1. The molecule has 22 heavy (non-hydrogen) atoms. The van der Waals surface area contributed by atoms with Crippen molar-refractivity contribution in [3.05, 3.63) is 47.2 Å². The highest BCUT2D eigenvalue weighted by atomic mass is 35.5. The fourth-order valence-corrected chi connectivity index (χ4v) is 2.56. The molecule has 3 rings (SSSR count). The molecule has 0 radical (unpaired) electrons. The number of pyridine rings is 1. The number of rotatable bonds is 5. The molecule has 5 heteroatoms. The molecule has 0 unspecified atom stereocenters. The molecule has 1 aliphatic carbocycles. The van der Waals surface area contributed by atoms with E-state index < -0.39 is 0 Å². The van der Waals surface area contributed by atoms with Crippen LogP contribution in [0.5, 0.6) is 5.75 Å². The Morgan fingerprint density at radius 1 is 1.32 bits per heavy atom. The van der Waals surface area contributed by atoms with E-state index in [4.69, 9.17) is 22.1 Å². The minimum absolute atomic E-state index is 0. The highest BCUT2D eigenvalue weighted by molar-refractivity contribution is 6.32. The third-order valence-electron chi connectivity index (χ3n) is 4.08. The van der Waals surface area contributed by atoms with Gasteiger partial charge in [-0.1, -0.05) is 41.4 Å². The summed E-state index contributed by atoms with van der Waals surface area (Å²) in [4.78, 5) is 4.24. The van der Waals surface area contributed by atoms with Crippen molar-refractivity contribution < 1.29 is 4.74 Å². The van der Waals surface area contributed by atoms with E-state index in [9.17, 15) is 0 Å². The molecule has 1 aromatic heterocycles. The Morgan fingerprint density at radius 3 is 2.73 bits per heavy atom. The second-order valence-corrected chi connectivity index (χ2v) is 6.23. The molecule has 0 amide bonds. The molecule has 0 saturated heterocycles. The van der Waals surface area contributed by atoms with Crippen molar-refractivity contribution in [1.29, 1.82) is 0 Å². The number of benzene rings is 1. The first-order valence-electron chi connectivity index (χ1n) is 7.17. The third-order valence-corrected chi connectivity index (χ3v) is 4.38. The molecule has 0 spiro atoms. The first kappa shape index (κ1) is 17.1. The maximum absolute atomic E-state index is 6.23. The summed E-state index contributed by atoms with van der Waals surface area (Å²) in [5.41, 5.74) is 9.10. The minimum Gasteiger partial charge on any atom is -0.491 e. The molecule has 1 aromatic carbocycles. The van der Waals surface area contributed by atoms with E-state index in [0.29, 0.717) is 18.3 Å². The Hall–Kier alpha value is -1.29. The van der Waals surface area contributed by atoms with Gasteiger partial charge in [-0.3, -0.25) is 0 Å². The molecule has 0 bridgehead atoms. The van der Waals surface area contributed by atoms with E-state index in [1.165, 1.54) is 5.56 Å². The van der Waals surface area contributed by atoms with Gasteiger partial charge in [-0.25, -0.2) is 4.98 Å². The normalized spacial score (nSPS) is 15.0. The molecular weight excluding hydrogens is 319 g/mol. The molecule has 1 fully saturated rings. The zero-order valence-electron chi connectivity index (χ0n) is 12.5. The van der Waals surface area contributed by atoms with Gasteiger partial charge < -0.3 is 10.5 Å². The maximum Gasteiger partial charge on any atom is 0.138 e. The highest BCUT2D eigenvalue weighted by Gasteiger charge is 2.42. The van der Waals surface area contributed by atoms with Crippen LogP contribution < -0.4 is 10.5 Å². The van der Waals surface area contributed by atoms with Crippen LogP contribution in [0.1, 0.15) is 18.4 Å². The van der Waals surface area contributed by atoms with Crippen LogP contribution in [0.2, 0.25) is 5.15 Å². The number of hydrogen-bond donors (Lipinski definition) is 1. The first-order valence-corrected chi connectivity index (χ1v) is 7.55. The van der Waals surface area contributed by atoms with Gasteiger partial charge in [-0.15, -0.1) is 12.4 Å². The fourth-order valence-electron chi connectivity index (χ4n) is 2.34. The summed E-state index contributed by atoms with van der Waals surface area (Å²) >= 11 is 6.23. The zero-order valence-corrected chi connectivity index (χ0v) is 14.1. The molecule has 118 valence electrons. The van der Waals surface area contributed by atoms with Crippen molar-refractivity contribution in [2.24, 2.45) is 11.1 Å². The SMILES string of the molecule is Cc1cccc(-c2cc(OCC3(CN)CC3)cnc2Cl)c1.Cl. The van der Waals surface area contributed by atoms with Crippen molar-refractivity contribution >= 4 is 24.0 Å². The van der Waals surface area contributed by atoms with Gasteiger partial charge in [0.1, 0.15) is 10.9 Å². The van der Waals surface area contributed by atoms with E-state index in [0.717, 1.165) is 29.7 Å². The van der Waals surface area contributed by atoms with Crippen LogP contribution in [0.3, 0.4) is 0 Å². The predicted octanol–water partition coefficient (Wildman–Crippen LogP) is 4.25. The summed E-state index contributed by atoms with van der Waals surface area (Å²) in [5, 5.41) is 0.493. The molecular formula is C17H20Cl2N2O. The van der Waals surface area contributed by atoms with Crippen molar-refractivity contribution in [2.75, 3.05) is 13.2 Å². The molecule has 0 atom stereocenters. The molecule has 1 aliphatic rings. The second-order valence-electron chi connectivity index (χ2n) is 5.87. The Balaban J connectivity index is 0.00000176. The van der Waals surface area contributed by atoms with E-state index in [1.807, 2.05) is 18.2 Å². The summed E-state index contributed by atoms with van der Waals surface area (Å²) in [6.45, 7) is 3.39. The number of ether oxygens (including phenoxy) is 1. The largest absolute Gasteiger partial charge is 0.491 e. The van der Waals surface area contributed by atoms with Gasteiger partial charge in [0.15, 0.2) is 0 Å². The lowest BCUT2D eigenvalue weighted by molar-refractivity contribution is 0.238. The number of hydrogen-bond acceptors (Lipinski definition) is 3. The van der Waals surface area contributed by atoms with E-state index in [1.54, 1.807) is 6.20 Å². The summed E-state index contributed by atoms with van der Waals surface area (Å²) in [6, 6.07) is 10.2. The number of aryl methyl sites for hydroxylation is 1. The number of halogens is 2. The molecule has 2 N–H and O–H groups in total.